The van der Waals surface area contributed by atoms with Gasteiger partial charge in [-0.15, -0.1) is 0 Å². The van der Waals surface area contributed by atoms with E-state index in [1.54, 1.807) is 12.1 Å². The minimum Gasteiger partial charge on any atom is -0.464 e. The first-order chi connectivity index (χ1) is 9.44. The van der Waals surface area contributed by atoms with Crippen LogP contribution in [0.25, 0.3) is 0 Å². The highest BCUT2D eigenvalue weighted by atomic mass is 32.2. The predicted molar refractivity (Wildman–Crippen MR) is 74.5 cm³/mol. The molecule has 20 heavy (non-hydrogen) atoms. The van der Waals surface area contributed by atoms with E-state index in [2.05, 4.69) is 5.32 Å². The molecule has 0 aliphatic carbocycles. The van der Waals surface area contributed by atoms with Crippen molar-refractivity contribution >= 4 is 21.6 Å². The predicted octanol–water partition coefficient (Wildman–Crippen LogP) is 2.26. The van der Waals surface area contributed by atoms with Crippen LogP contribution in [-0.4, -0.2) is 32.2 Å². The monoisotopic (exact) mass is 325 g/mol. The number of sulfone groups is 1. The van der Waals surface area contributed by atoms with Gasteiger partial charge in [-0.3, -0.25) is 0 Å². The van der Waals surface area contributed by atoms with Crippen molar-refractivity contribution < 1.29 is 21.6 Å². The molecule has 1 aliphatic heterocycles. The summed E-state index contributed by atoms with van der Waals surface area (Å²) in [6.45, 7) is 1.11. The number of thioether (sulfide) groups is 1. The van der Waals surface area contributed by atoms with Gasteiger partial charge < -0.3 is 9.73 Å². The Bertz CT molecular complexity index is 531. The van der Waals surface area contributed by atoms with Gasteiger partial charge in [-0.25, -0.2) is 8.42 Å². The Morgan fingerprint density at radius 1 is 1.40 bits per heavy atom. The highest BCUT2D eigenvalue weighted by Gasteiger charge is 2.27. The molecule has 0 amide bonds. The molecule has 0 spiro atoms. The van der Waals surface area contributed by atoms with Gasteiger partial charge in [0.15, 0.2) is 9.84 Å². The summed E-state index contributed by atoms with van der Waals surface area (Å²) in [4.78, 5) is 0. The van der Waals surface area contributed by atoms with E-state index in [0.717, 1.165) is 0 Å². The van der Waals surface area contributed by atoms with Crippen LogP contribution in [0, 0.1) is 5.92 Å². The van der Waals surface area contributed by atoms with Crippen LogP contribution in [0.15, 0.2) is 16.5 Å². The molecule has 1 fully saturated rings. The highest BCUT2D eigenvalue weighted by molar-refractivity contribution is 7.98. The van der Waals surface area contributed by atoms with Crippen molar-refractivity contribution in [3.63, 3.8) is 0 Å². The summed E-state index contributed by atoms with van der Waals surface area (Å²) < 4.78 is 52.0. The number of rotatable bonds is 7. The molecular weight excluding hydrogens is 308 g/mol. The van der Waals surface area contributed by atoms with Crippen molar-refractivity contribution in [2.45, 2.75) is 24.5 Å². The maximum absolute atomic E-state index is 12.0. The summed E-state index contributed by atoms with van der Waals surface area (Å²) in [5.74, 6) is -0.372. The summed E-state index contributed by atoms with van der Waals surface area (Å²) >= 11 is 0.528. The molecule has 1 aliphatic rings. The molecule has 8 heteroatoms. The second-order valence-corrected chi connectivity index (χ2v) is 8.05. The fourth-order valence-electron chi connectivity index (χ4n) is 2.17. The molecule has 1 unspecified atom stereocenters. The summed E-state index contributed by atoms with van der Waals surface area (Å²) in [6.07, 6.45) is 0.698. The fourth-order valence-corrected chi connectivity index (χ4v) is 4.48. The second kappa shape index (κ2) is 6.91. The second-order valence-electron chi connectivity index (χ2n) is 4.84. The molecular formula is C12H17F2NO3S2. The van der Waals surface area contributed by atoms with Gasteiger partial charge in [0.1, 0.15) is 11.5 Å². The Kier molecular flexibility index (Phi) is 5.45. The van der Waals surface area contributed by atoms with Crippen LogP contribution in [0.5, 0.6) is 0 Å². The third-order valence-electron chi connectivity index (χ3n) is 3.13. The van der Waals surface area contributed by atoms with E-state index in [0.29, 0.717) is 42.8 Å². The maximum Gasteiger partial charge on any atom is 0.284 e. The molecule has 1 atom stereocenters. The molecule has 0 bridgehead atoms. The van der Waals surface area contributed by atoms with E-state index in [1.165, 1.54) is 0 Å². The van der Waals surface area contributed by atoms with Crippen LogP contribution in [0.2, 0.25) is 0 Å². The van der Waals surface area contributed by atoms with Gasteiger partial charge in [-0.05, 0) is 31.0 Å². The zero-order valence-electron chi connectivity index (χ0n) is 10.8. The van der Waals surface area contributed by atoms with Crippen LogP contribution in [0.3, 0.4) is 0 Å². The zero-order chi connectivity index (χ0) is 14.6. The van der Waals surface area contributed by atoms with Crippen molar-refractivity contribution in [1.29, 1.82) is 0 Å². The third kappa shape index (κ3) is 5.06. The lowest BCUT2D eigenvalue weighted by Gasteiger charge is -2.07. The lowest BCUT2D eigenvalue weighted by Crippen LogP contribution is -2.23. The van der Waals surface area contributed by atoms with Crippen LogP contribution in [-0.2, 0) is 22.1 Å². The Hall–Kier alpha value is -0.600. The Morgan fingerprint density at radius 2 is 2.15 bits per heavy atom. The maximum atomic E-state index is 12.0. The quantitative estimate of drug-likeness (QED) is 0.833. The lowest BCUT2D eigenvalue weighted by molar-refractivity contribution is 0.251. The number of hydrogen-bond acceptors (Lipinski definition) is 5. The zero-order valence-corrected chi connectivity index (χ0v) is 12.5. The first-order valence-electron chi connectivity index (χ1n) is 6.33. The minimum atomic E-state index is -2.84. The van der Waals surface area contributed by atoms with Gasteiger partial charge in [0.2, 0.25) is 0 Å². The minimum absolute atomic E-state index is 0.151. The molecule has 4 nitrogen and oxygen atoms in total. The van der Waals surface area contributed by atoms with Crippen molar-refractivity contribution in [2.24, 2.45) is 5.92 Å². The molecule has 2 heterocycles. The third-order valence-corrected chi connectivity index (χ3v) is 5.67. The highest BCUT2D eigenvalue weighted by Crippen LogP contribution is 2.21. The number of alkyl halides is 2. The van der Waals surface area contributed by atoms with E-state index in [9.17, 15) is 17.2 Å². The van der Waals surface area contributed by atoms with Crippen LogP contribution in [0.1, 0.15) is 17.9 Å². The van der Waals surface area contributed by atoms with Gasteiger partial charge in [0.25, 0.3) is 5.76 Å². The van der Waals surface area contributed by atoms with Crippen LogP contribution < -0.4 is 5.32 Å². The Morgan fingerprint density at radius 3 is 2.80 bits per heavy atom. The van der Waals surface area contributed by atoms with E-state index in [-0.39, 0.29) is 23.2 Å². The van der Waals surface area contributed by atoms with E-state index < -0.39 is 15.6 Å². The normalized spacial score (nSPS) is 21.6. The first-order valence-corrected chi connectivity index (χ1v) is 9.20. The molecule has 0 aromatic carbocycles. The average Bonchev–Trinajstić information content (AvgIpc) is 2.94. The standard InChI is InChI=1S/C12H17F2NO3S2/c13-12(14)19-7-11-2-1-10(18-11)6-15-5-9-3-4-20(16,17)8-9/h1-2,9,12,15H,3-8H2. The largest absolute Gasteiger partial charge is 0.464 e. The molecule has 1 saturated heterocycles. The SMILES string of the molecule is O=S1(=O)CCC(CNCc2ccc(CSC(F)F)o2)C1. The average molecular weight is 325 g/mol. The molecule has 2 rings (SSSR count). The summed E-state index contributed by atoms with van der Waals surface area (Å²) in [7, 11) is -2.84. The fraction of sp³-hybridized carbons (Fsp3) is 0.667. The lowest BCUT2D eigenvalue weighted by atomic mass is 10.1. The molecule has 0 saturated carbocycles. The number of hydrogen-bond donors (Lipinski definition) is 1. The van der Waals surface area contributed by atoms with Gasteiger partial charge in [0, 0.05) is 0 Å². The van der Waals surface area contributed by atoms with E-state index >= 15 is 0 Å². The van der Waals surface area contributed by atoms with E-state index in [4.69, 9.17) is 4.42 Å². The summed E-state index contributed by atoms with van der Waals surface area (Å²) in [5, 5.41) is 3.15. The molecule has 1 aromatic rings. The van der Waals surface area contributed by atoms with Crippen molar-refractivity contribution in [3.05, 3.63) is 23.7 Å². The van der Waals surface area contributed by atoms with Crippen molar-refractivity contribution in [2.75, 3.05) is 18.1 Å². The smallest absolute Gasteiger partial charge is 0.284 e. The van der Waals surface area contributed by atoms with Gasteiger partial charge in [-0.2, -0.15) is 8.78 Å². The number of halogens is 2. The van der Waals surface area contributed by atoms with Crippen LogP contribution >= 0.6 is 11.8 Å². The van der Waals surface area contributed by atoms with Crippen molar-refractivity contribution in [1.82, 2.24) is 5.32 Å². The summed E-state index contributed by atoms with van der Waals surface area (Å²) in [5.41, 5.74) is 0. The number of furan rings is 1. The molecule has 114 valence electrons. The Balaban J connectivity index is 1.69. The van der Waals surface area contributed by atoms with Crippen LogP contribution in [0.4, 0.5) is 8.78 Å². The molecule has 0 radical (unpaired) electrons. The van der Waals surface area contributed by atoms with Crippen molar-refractivity contribution in [3.8, 4) is 0 Å². The van der Waals surface area contributed by atoms with Gasteiger partial charge in [-0.1, -0.05) is 11.8 Å². The Labute approximate surface area is 121 Å². The first kappa shape index (κ1) is 15.8. The molecule has 1 N–H and O–H groups in total. The summed E-state index contributed by atoms with van der Waals surface area (Å²) in [6, 6.07) is 3.44. The van der Waals surface area contributed by atoms with E-state index in [1.807, 2.05) is 0 Å². The number of nitrogens with one attached hydrogen (secondary N) is 1. The molecule has 1 aromatic heterocycles. The topological polar surface area (TPSA) is 59.3 Å². The van der Waals surface area contributed by atoms with Gasteiger partial charge >= 0.3 is 0 Å². The van der Waals surface area contributed by atoms with Gasteiger partial charge in [0.05, 0.1) is 23.8 Å².